The van der Waals surface area contributed by atoms with Gasteiger partial charge in [-0.15, -0.1) is 24.0 Å². The van der Waals surface area contributed by atoms with Gasteiger partial charge in [-0.1, -0.05) is 30.3 Å². The molecule has 0 spiro atoms. The first-order valence-electron chi connectivity index (χ1n) is 8.36. The minimum absolute atomic E-state index is 0. The summed E-state index contributed by atoms with van der Waals surface area (Å²) < 4.78 is 2.14. The van der Waals surface area contributed by atoms with Crippen molar-refractivity contribution in [3.8, 4) is 0 Å². The Labute approximate surface area is 162 Å². The van der Waals surface area contributed by atoms with Crippen LogP contribution in [0.3, 0.4) is 0 Å². The van der Waals surface area contributed by atoms with Gasteiger partial charge in [0.25, 0.3) is 0 Å². The summed E-state index contributed by atoms with van der Waals surface area (Å²) in [5.41, 5.74) is 2.71. The predicted molar refractivity (Wildman–Crippen MR) is 111 cm³/mol. The van der Waals surface area contributed by atoms with E-state index in [-0.39, 0.29) is 24.0 Å². The summed E-state index contributed by atoms with van der Waals surface area (Å²) in [6.45, 7) is 2.99. The van der Waals surface area contributed by atoms with Gasteiger partial charge in [-0.3, -0.25) is 4.99 Å². The second kappa shape index (κ2) is 9.11. The number of aromatic nitrogens is 1. The highest BCUT2D eigenvalue weighted by Crippen LogP contribution is 2.20. The van der Waals surface area contributed by atoms with Gasteiger partial charge in [0.1, 0.15) is 0 Å². The first-order chi connectivity index (χ1) is 11.3. The Morgan fingerprint density at radius 2 is 2.00 bits per heavy atom. The van der Waals surface area contributed by atoms with Crippen molar-refractivity contribution in [3.05, 3.63) is 59.9 Å². The molecule has 1 N–H and O–H groups in total. The molecule has 1 atom stereocenters. The quantitative estimate of drug-likeness (QED) is 0.452. The molecule has 5 heteroatoms. The van der Waals surface area contributed by atoms with Crippen molar-refractivity contribution >= 4 is 29.9 Å². The van der Waals surface area contributed by atoms with E-state index in [1.54, 1.807) is 0 Å². The average Bonchev–Trinajstić information content (AvgIpc) is 3.19. The molecule has 2 aromatic rings. The topological polar surface area (TPSA) is 32.6 Å². The fourth-order valence-corrected chi connectivity index (χ4v) is 3.32. The van der Waals surface area contributed by atoms with E-state index >= 15 is 0 Å². The Kier molecular flexibility index (Phi) is 7.15. The molecule has 0 amide bonds. The molecule has 1 aliphatic heterocycles. The number of halogens is 1. The fourth-order valence-electron chi connectivity index (χ4n) is 3.32. The molecule has 1 saturated heterocycles. The first-order valence-corrected chi connectivity index (χ1v) is 8.36. The molecule has 130 valence electrons. The smallest absolute Gasteiger partial charge is 0.193 e. The van der Waals surface area contributed by atoms with Crippen molar-refractivity contribution in [2.45, 2.75) is 19.4 Å². The van der Waals surface area contributed by atoms with Crippen LogP contribution in [-0.2, 0) is 20.0 Å². The SMILES string of the molecule is CN=C(NCc1cccn1C)N1CCC(Cc2ccccc2)C1.I. The molecular weight excluding hydrogens is 411 g/mol. The summed E-state index contributed by atoms with van der Waals surface area (Å²) in [4.78, 5) is 6.85. The summed E-state index contributed by atoms with van der Waals surface area (Å²) in [5, 5.41) is 3.49. The van der Waals surface area contributed by atoms with E-state index in [0.717, 1.165) is 32.0 Å². The normalized spacial score (nSPS) is 17.7. The molecule has 1 fully saturated rings. The number of nitrogens with one attached hydrogen (secondary N) is 1. The molecule has 0 radical (unpaired) electrons. The van der Waals surface area contributed by atoms with Crippen LogP contribution in [-0.4, -0.2) is 35.6 Å². The van der Waals surface area contributed by atoms with Gasteiger partial charge >= 0.3 is 0 Å². The average molecular weight is 438 g/mol. The largest absolute Gasteiger partial charge is 0.353 e. The van der Waals surface area contributed by atoms with Gasteiger partial charge in [-0.2, -0.15) is 0 Å². The van der Waals surface area contributed by atoms with Gasteiger partial charge < -0.3 is 14.8 Å². The van der Waals surface area contributed by atoms with E-state index in [9.17, 15) is 0 Å². The van der Waals surface area contributed by atoms with Crippen LogP contribution in [0.4, 0.5) is 0 Å². The van der Waals surface area contributed by atoms with E-state index in [1.807, 2.05) is 7.05 Å². The third kappa shape index (κ3) is 4.75. The summed E-state index contributed by atoms with van der Waals surface area (Å²) in [7, 11) is 3.95. The van der Waals surface area contributed by atoms with E-state index in [4.69, 9.17) is 0 Å². The lowest BCUT2D eigenvalue weighted by atomic mass is 9.99. The zero-order valence-corrected chi connectivity index (χ0v) is 16.8. The minimum atomic E-state index is 0. The van der Waals surface area contributed by atoms with Crippen LogP contribution in [0.15, 0.2) is 53.7 Å². The summed E-state index contributed by atoms with van der Waals surface area (Å²) in [5.74, 6) is 1.73. The summed E-state index contributed by atoms with van der Waals surface area (Å²) >= 11 is 0. The molecule has 1 aromatic carbocycles. The zero-order chi connectivity index (χ0) is 16.1. The lowest BCUT2D eigenvalue weighted by Gasteiger charge is -2.22. The highest BCUT2D eigenvalue weighted by atomic mass is 127. The molecule has 0 bridgehead atoms. The van der Waals surface area contributed by atoms with Crippen LogP contribution in [0.25, 0.3) is 0 Å². The predicted octanol–water partition coefficient (Wildman–Crippen LogP) is 3.28. The molecule has 1 unspecified atom stereocenters. The zero-order valence-electron chi connectivity index (χ0n) is 14.5. The molecule has 4 nitrogen and oxygen atoms in total. The standard InChI is InChI=1S/C19H26N4.HI/c1-20-19(21-14-18-9-6-11-22(18)2)23-12-10-17(15-23)13-16-7-4-3-5-8-16;/h3-9,11,17H,10,12-15H2,1-2H3,(H,20,21);1H. The van der Waals surface area contributed by atoms with Crippen LogP contribution < -0.4 is 5.32 Å². The molecule has 2 heterocycles. The molecule has 1 aliphatic rings. The molecule has 1 aromatic heterocycles. The summed E-state index contributed by atoms with van der Waals surface area (Å²) in [6.07, 6.45) is 4.47. The number of aryl methyl sites for hydroxylation is 1. The van der Waals surface area contributed by atoms with Gasteiger partial charge in [0.05, 0.1) is 6.54 Å². The van der Waals surface area contributed by atoms with E-state index in [1.165, 1.54) is 17.7 Å². The Balaban J connectivity index is 0.00000208. The maximum atomic E-state index is 4.46. The van der Waals surface area contributed by atoms with Crippen molar-refractivity contribution in [1.29, 1.82) is 0 Å². The van der Waals surface area contributed by atoms with Gasteiger partial charge in [0.2, 0.25) is 0 Å². The molecule has 3 rings (SSSR count). The van der Waals surface area contributed by atoms with Crippen LogP contribution in [0.1, 0.15) is 17.7 Å². The van der Waals surface area contributed by atoms with Gasteiger partial charge in [-0.05, 0) is 36.5 Å². The monoisotopic (exact) mass is 438 g/mol. The van der Waals surface area contributed by atoms with E-state index in [0.29, 0.717) is 5.92 Å². The van der Waals surface area contributed by atoms with E-state index < -0.39 is 0 Å². The third-order valence-electron chi connectivity index (χ3n) is 4.64. The lowest BCUT2D eigenvalue weighted by Crippen LogP contribution is -2.40. The van der Waals surface area contributed by atoms with Crippen LogP contribution in [0, 0.1) is 5.92 Å². The first kappa shape index (κ1) is 18.8. The number of rotatable bonds is 4. The molecule has 0 saturated carbocycles. The molecule has 24 heavy (non-hydrogen) atoms. The number of hydrogen-bond donors (Lipinski definition) is 1. The number of benzene rings is 1. The Hall–Kier alpha value is -1.50. The van der Waals surface area contributed by atoms with Crippen molar-refractivity contribution in [3.63, 3.8) is 0 Å². The summed E-state index contributed by atoms with van der Waals surface area (Å²) in [6, 6.07) is 15.0. The highest BCUT2D eigenvalue weighted by molar-refractivity contribution is 14.0. The second-order valence-electron chi connectivity index (χ2n) is 6.30. The van der Waals surface area contributed by atoms with Gasteiger partial charge in [-0.25, -0.2) is 0 Å². The van der Waals surface area contributed by atoms with Gasteiger partial charge in [0, 0.05) is 39.1 Å². The maximum Gasteiger partial charge on any atom is 0.193 e. The molecule has 0 aliphatic carbocycles. The lowest BCUT2D eigenvalue weighted by molar-refractivity contribution is 0.459. The number of nitrogens with zero attached hydrogens (tertiary/aromatic N) is 3. The number of hydrogen-bond acceptors (Lipinski definition) is 1. The third-order valence-corrected chi connectivity index (χ3v) is 4.64. The van der Waals surface area contributed by atoms with Crippen molar-refractivity contribution < 1.29 is 0 Å². The Morgan fingerprint density at radius 1 is 1.21 bits per heavy atom. The van der Waals surface area contributed by atoms with E-state index in [2.05, 4.69) is 75.5 Å². The Bertz CT molecular complexity index is 650. The maximum absolute atomic E-state index is 4.46. The van der Waals surface area contributed by atoms with Crippen molar-refractivity contribution in [2.75, 3.05) is 20.1 Å². The number of aliphatic imine (C=N–C) groups is 1. The van der Waals surface area contributed by atoms with Crippen molar-refractivity contribution in [2.24, 2.45) is 18.0 Å². The van der Waals surface area contributed by atoms with Crippen molar-refractivity contribution in [1.82, 2.24) is 14.8 Å². The second-order valence-corrected chi connectivity index (χ2v) is 6.30. The van der Waals surface area contributed by atoms with Crippen LogP contribution >= 0.6 is 24.0 Å². The number of guanidine groups is 1. The highest BCUT2D eigenvalue weighted by Gasteiger charge is 2.24. The molecular formula is C19H27IN4. The number of likely N-dealkylation sites (tertiary alicyclic amines) is 1. The van der Waals surface area contributed by atoms with Gasteiger partial charge in [0.15, 0.2) is 5.96 Å². The Morgan fingerprint density at radius 3 is 2.67 bits per heavy atom. The van der Waals surface area contributed by atoms with Crippen LogP contribution in [0.2, 0.25) is 0 Å². The minimum Gasteiger partial charge on any atom is -0.353 e. The fraction of sp³-hybridized carbons (Fsp3) is 0.421. The van der Waals surface area contributed by atoms with Crippen LogP contribution in [0.5, 0.6) is 0 Å².